The Hall–Kier alpha value is -2.59. The maximum atomic E-state index is 12.8. The molecule has 2 aromatic heterocycles. The zero-order chi connectivity index (χ0) is 21.2. The van der Waals surface area contributed by atoms with Gasteiger partial charge in [0.1, 0.15) is 11.4 Å². The highest BCUT2D eigenvalue weighted by Gasteiger charge is 2.30. The van der Waals surface area contributed by atoms with Gasteiger partial charge in [-0.25, -0.2) is 18.1 Å². The molecule has 0 aliphatic carbocycles. The van der Waals surface area contributed by atoms with E-state index in [9.17, 15) is 21.6 Å². The number of alkyl halides is 3. The van der Waals surface area contributed by atoms with Crippen molar-refractivity contribution in [1.29, 1.82) is 0 Å². The number of pyridine rings is 1. The van der Waals surface area contributed by atoms with Gasteiger partial charge in [0.2, 0.25) is 10.0 Å². The van der Waals surface area contributed by atoms with Crippen molar-refractivity contribution in [2.75, 3.05) is 6.54 Å². The number of hydrogen-bond donors (Lipinski definition) is 1. The largest absolute Gasteiger partial charge is 0.491 e. The smallest absolute Gasteiger partial charge is 0.417 e. The molecule has 0 saturated carbocycles. The van der Waals surface area contributed by atoms with Crippen molar-refractivity contribution in [1.82, 2.24) is 14.1 Å². The van der Waals surface area contributed by atoms with Crippen LogP contribution in [0.3, 0.4) is 0 Å². The number of aromatic nitrogens is 2. The minimum atomic E-state index is -4.44. The van der Waals surface area contributed by atoms with Crippen LogP contribution in [-0.2, 0) is 22.6 Å². The summed E-state index contributed by atoms with van der Waals surface area (Å²) < 4.78 is 72.3. The molecule has 3 rings (SSSR count). The Kier molecular flexibility index (Phi) is 5.85. The lowest BCUT2D eigenvalue weighted by atomic mass is 10.3. The monoisotopic (exact) mass is 427 g/mol. The summed E-state index contributed by atoms with van der Waals surface area (Å²) in [6.07, 6.45) is -1.82. The van der Waals surface area contributed by atoms with Crippen LogP contribution in [0.1, 0.15) is 25.1 Å². The fourth-order valence-electron chi connectivity index (χ4n) is 2.70. The van der Waals surface area contributed by atoms with Gasteiger partial charge >= 0.3 is 6.18 Å². The first kappa shape index (κ1) is 21.1. The molecule has 0 aliphatic rings. The van der Waals surface area contributed by atoms with Gasteiger partial charge < -0.3 is 9.14 Å². The van der Waals surface area contributed by atoms with Gasteiger partial charge in [0.15, 0.2) is 0 Å². The lowest BCUT2D eigenvalue weighted by Gasteiger charge is -2.10. The van der Waals surface area contributed by atoms with E-state index in [1.807, 2.05) is 13.8 Å². The predicted octanol–water partition coefficient (Wildman–Crippen LogP) is 3.66. The first-order valence-electron chi connectivity index (χ1n) is 8.86. The van der Waals surface area contributed by atoms with E-state index in [1.165, 1.54) is 28.8 Å². The van der Waals surface area contributed by atoms with E-state index >= 15 is 0 Å². The normalized spacial score (nSPS) is 12.6. The first-order chi connectivity index (χ1) is 13.5. The van der Waals surface area contributed by atoms with Gasteiger partial charge in [-0.1, -0.05) is 0 Å². The molecular weight excluding hydrogens is 407 g/mol. The predicted molar refractivity (Wildman–Crippen MR) is 101 cm³/mol. The van der Waals surface area contributed by atoms with Crippen LogP contribution in [0.4, 0.5) is 13.2 Å². The molecule has 0 fully saturated rings. The maximum absolute atomic E-state index is 12.8. The van der Waals surface area contributed by atoms with E-state index in [1.54, 1.807) is 12.1 Å². The van der Waals surface area contributed by atoms with Gasteiger partial charge in [0.05, 0.1) is 22.3 Å². The van der Waals surface area contributed by atoms with E-state index in [2.05, 4.69) is 9.71 Å². The van der Waals surface area contributed by atoms with Gasteiger partial charge in [0.25, 0.3) is 0 Å². The lowest BCUT2D eigenvalue weighted by Crippen LogP contribution is -2.26. The van der Waals surface area contributed by atoms with Crippen LogP contribution >= 0.6 is 0 Å². The van der Waals surface area contributed by atoms with Crippen molar-refractivity contribution in [2.45, 2.75) is 37.4 Å². The third-order valence-electron chi connectivity index (χ3n) is 4.01. The average Bonchev–Trinajstić information content (AvgIpc) is 3.02. The van der Waals surface area contributed by atoms with Crippen molar-refractivity contribution in [3.63, 3.8) is 0 Å². The Bertz CT molecular complexity index is 1090. The van der Waals surface area contributed by atoms with E-state index in [-0.39, 0.29) is 24.0 Å². The molecule has 0 bridgehead atoms. The van der Waals surface area contributed by atoms with Crippen molar-refractivity contribution < 1.29 is 26.3 Å². The van der Waals surface area contributed by atoms with Crippen molar-refractivity contribution in [3.05, 3.63) is 60.0 Å². The topological polar surface area (TPSA) is 72.7 Å². The molecule has 156 valence electrons. The Morgan fingerprint density at radius 3 is 2.41 bits per heavy atom. The van der Waals surface area contributed by atoms with Gasteiger partial charge in [-0.2, -0.15) is 13.2 Å². The number of hydrogen-bond acceptors (Lipinski definition) is 4. The number of imidazole rings is 1. The third-order valence-corrected chi connectivity index (χ3v) is 5.48. The number of sulfonamides is 1. The lowest BCUT2D eigenvalue weighted by molar-refractivity contribution is -0.137. The Balaban J connectivity index is 1.64. The number of fused-ring (bicyclic) bond motifs is 1. The van der Waals surface area contributed by atoms with E-state index in [4.69, 9.17) is 4.74 Å². The molecule has 1 N–H and O–H groups in total. The Morgan fingerprint density at radius 1 is 1.10 bits per heavy atom. The minimum absolute atomic E-state index is 0.0202. The Labute approximate surface area is 166 Å². The van der Waals surface area contributed by atoms with E-state index in [0.717, 1.165) is 12.3 Å². The number of nitrogens with one attached hydrogen (secondary N) is 1. The van der Waals surface area contributed by atoms with Crippen molar-refractivity contribution >= 4 is 15.7 Å². The number of ether oxygens (including phenoxy) is 1. The summed E-state index contributed by atoms with van der Waals surface area (Å²) >= 11 is 0. The van der Waals surface area contributed by atoms with Crippen LogP contribution < -0.4 is 9.46 Å². The van der Waals surface area contributed by atoms with Crippen LogP contribution in [0.5, 0.6) is 5.75 Å². The fraction of sp³-hybridized carbons (Fsp3) is 0.316. The van der Waals surface area contributed by atoms with Gasteiger partial charge in [-0.05, 0) is 50.2 Å². The summed E-state index contributed by atoms with van der Waals surface area (Å²) in [6, 6.07) is 8.29. The SMILES string of the molecule is CC(C)Oc1ccc(S(=O)(=O)NCCc2cn3cc(C(F)(F)F)ccc3n2)cc1. The average molecular weight is 427 g/mol. The highest BCUT2D eigenvalue weighted by molar-refractivity contribution is 7.89. The zero-order valence-electron chi connectivity index (χ0n) is 15.8. The molecule has 0 saturated heterocycles. The van der Waals surface area contributed by atoms with Crippen LogP contribution in [0, 0.1) is 0 Å². The zero-order valence-corrected chi connectivity index (χ0v) is 16.6. The van der Waals surface area contributed by atoms with Crippen LogP contribution in [0.2, 0.25) is 0 Å². The van der Waals surface area contributed by atoms with Crippen molar-refractivity contribution in [3.8, 4) is 5.75 Å². The molecule has 0 unspecified atom stereocenters. The molecule has 1 aromatic carbocycles. The summed E-state index contributed by atoms with van der Waals surface area (Å²) in [5, 5.41) is 0. The van der Waals surface area contributed by atoms with Crippen LogP contribution in [0.15, 0.2) is 53.7 Å². The standard InChI is InChI=1S/C19H20F3N3O3S/c1-13(2)28-16-4-6-17(7-5-16)29(26,27)23-10-9-15-12-25-11-14(19(20,21)22)3-8-18(25)24-15/h3-8,11-13,23H,9-10H2,1-2H3. The highest BCUT2D eigenvalue weighted by atomic mass is 32.2. The van der Waals surface area contributed by atoms with Gasteiger partial charge in [0, 0.05) is 25.4 Å². The van der Waals surface area contributed by atoms with Crippen molar-refractivity contribution in [2.24, 2.45) is 0 Å². The second-order valence-electron chi connectivity index (χ2n) is 6.70. The molecule has 6 nitrogen and oxygen atoms in total. The van der Waals surface area contributed by atoms with E-state index in [0.29, 0.717) is 17.1 Å². The first-order valence-corrected chi connectivity index (χ1v) is 10.3. The van der Waals surface area contributed by atoms with Crippen LogP contribution in [-0.4, -0.2) is 30.5 Å². The molecule has 29 heavy (non-hydrogen) atoms. The van der Waals surface area contributed by atoms with E-state index < -0.39 is 21.8 Å². The third kappa shape index (κ3) is 5.27. The number of benzene rings is 1. The second kappa shape index (κ2) is 8.03. The summed E-state index contributed by atoms with van der Waals surface area (Å²) in [7, 11) is -3.72. The molecule has 2 heterocycles. The quantitative estimate of drug-likeness (QED) is 0.625. The number of halogens is 3. The molecule has 0 radical (unpaired) electrons. The number of nitrogens with zero attached hydrogens (tertiary/aromatic N) is 2. The molecule has 10 heteroatoms. The summed E-state index contributed by atoms with van der Waals surface area (Å²) in [5.74, 6) is 0.571. The van der Waals surface area contributed by atoms with Gasteiger partial charge in [-0.3, -0.25) is 0 Å². The maximum Gasteiger partial charge on any atom is 0.417 e. The molecule has 3 aromatic rings. The summed E-state index contributed by atoms with van der Waals surface area (Å²) in [5.41, 5.74) is 0.0591. The molecule has 0 amide bonds. The minimum Gasteiger partial charge on any atom is -0.491 e. The Morgan fingerprint density at radius 2 is 1.79 bits per heavy atom. The fourth-order valence-corrected chi connectivity index (χ4v) is 3.73. The number of rotatable bonds is 7. The molecular formula is C19H20F3N3O3S. The highest BCUT2D eigenvalue weighted by Crippen LogP contribution is 2.29. The molecule has 0 atom stereocenters. The van der Waals surface area contributed by atoms with Gasteiger partial charge in [-0.15, -0.1) is 0 Å². The molecule has 0 aliphatic heterocycles. The second-order valence-corrected chi connectivity index (χ2v) is 8.47. The van der Waals surface area contributed by atoms with Crippen LogP contribution in [0.25, 0.3) is 5.65 Å². The molecule has 0 spiro atoms. The summed E-state index contributed by atoms with van der Waals surface area (Å²) in [4.78, 5) is 4.31. The summed E-state index contributed by atoms with van der Waals surface area (Å²) in [6.45, 7) is 3.80.